The van der Waals surface area contributed by atoms with E-state index in [2.05, 4.69) is 4.98 Å². The Balaban J connectivity index is 0.000000461. The molecule has 2 aromatic rings. The molecule has 0 bridgehead atoms. The van der Waals surface area contributed by atoms with Crippen molar-refractivity contribution in [3.63, 3.8) is 0 Å². The zero-order valence-corrected chi connectivity index (χ0v) is 9.51. The molecule has 0 aromatic carbocycles. The van der Waals surface area contributed by atoms with E-state index in [4.69, 9.17) is 4.42 Å². The first kappa shape index (κ1) is 10.8. The fourth-order valence-electron chi connectivity index (χ4n) is 1.30. The van der Waals surface area contributed by atoms with Gasteiger partial charge in [0.25, 0.3) is 0 Å². The third-order valence-electron chi connectivity index (χ3n) is 2.14. The number of pyridine rings is 1. The molecule has 14 heavy (non-hydrogen) atoms. The topological polar surface area (TPSA) is 26.0 Å². The Labute approximate surface area is 85.0 Å². The zero-order chi connectivity index (χ0) is 10.7. The Morgan fingerprint density at radius 1 is 1.07 bits per heavy atom. The maximum atomic E-state index is 5.49. The van der Waals surface area contributed by atoms with Crippen LogP contribution in [0, 0.1) is 20.8 Å². The first-order valence-corrected chi connectivity index (χ1v) is 5.02. The number of rotatable bonds is 0. The number of hydrogen-bond donors (Lipinski definition) is 0. The quantitative estimate of drug-likeness (QED) is 0.633. The summed E-state index contributed by atoms with van der Waals surface area (Å²) in [6, 6.07) is 3.93. The van der Waals surface area contributed by atoms with Crippen molar-refractivity contribution in [3.8, 4) is 0 Å². The predicted molar refractivity (Wildman–Crippen MR) is 59.6 cm³/mol. The van der Waals surface area contributed by atoms with Crippen LogP contribution in [0.1, 0.15) is 30.9 Å². The molecule has 0 aliphatic carbocycles. The van der Waals surface area contributed by atoms with Crippen molar-refractivity contribution in [2.75, 3.05) is 0 Å². The number of furan rings is 1. The van der Waals surface area contributed by atoms with Gasteiger partial charge in [-0.1, -0.05) is 13.8 Å². The average molecular weight is 191 g/mol. The molecule has 0 aliphatic rings. The van der Waals surface area contributed by atoms with Crippen molar-refractivity contribution in [2.24, 2.45) is 0 Å². The third-order valence-corrected chi connectivity index (χ3v) is 2.14. The van der Waals surface area contributed by atoms with Gasteiger partial charge in [-0.3, -0.25) is 0 Å². The number of nitrogens with zero attached hydrogens (tertiary/aromatic N) is 1. The first-order chi connectivity index (χ1) is 6.68. The summed E-state index contributed by atoms with van der Waals surface area (Å²) in [5.41, 5.74) is 4.06. The van der Waals surface area contributed by atoms with Gasteiger partial charge in [0.05, 0.1) is 0 Å². The largest absolute Gasteiger partial charge is 0.459 e. The molecule has 0 aliphatic heterocycles. The Kier molecular flexibility index (Phi) is 3.28. The molecule has 2 heterocycles. The van der Waals surface area contributed by atoms with Gasteiger partial charge in [0, 0.05) is 11.3 Å². The molecule has 0 saturated carbocycles. The van der Waals surface area contributed by atoms with Crippen molar-refractivity contribution < 1.29 is 4.42 Å². The number of aryl methyl sites for hydroxylation is 3. The lowest BCUT2D eigenvalue weighted by Gasteiger charge is -1.90. The molecule has 0 atom stereocenters. The molecule has 2 rings (SSSR count). The van der Waals surface area contributed by atoms with Gasteiger partial charge in [-0.25, -0.2) is 4.98 Å². The second kappa shape index (κ2) is 4.27. The number of hydrogen-bond acceptors (Lipinski definition) is 2. The lowest BCUT2D eigenvalue weighted by molar-refractivity contribution is 0.574. The SMILES string of the molecule is CC.Cc1ccc2oc(C)c(C)c2n1. The Hall–Kier alpha value is -1.31. The summed E-state index contributed by atoms with van der Waals surface area (Å²) in [6.45, 7) is 9.99. The van der Waals surface area contributed by atoms with Crippen LogP contribution in [0.3, 0.4) is 0 Å². The molecular weight excluding hydrogens is 174 g/mol. The summed E-state index contributed by atoms with van der Waals surface area (Å²) in [7, 11) is 0. The molecular formula is C12H17NO. The minimum Gasteiger partial charge on any atom is -0.459 e. The standard InChI is InChI=1S/C10H11NO.C2H6/c1-6-4-5-9-10(11-6)7(2)8(3)12-9;1-2/h4-5H,1-3H3;1-2H3. The van der Waals surface area contributed by atoms with Crippen molar-refractivity contribution in [3.05, 3.63) is 29.2 Å². The van der Waals surface area contributed by atoms with E-state index in [-0.39, 0.29) is 0 Å². The van der Waals surface area contributed by atoms with Crippen molar-refractivity contribution in [1.29, 1.82) is 0 Å². The van der Waals surface area contributed by atoms with Crippen molar-refractivity contribution >= 4 is 11.1 Å². The normalized spacial score (nSPS) is 9.79. The lowest BCUT2D eigenvalue weighted by atomic mass is 10.2. The molecule has 2 heteroatoms. The summed E-state index contributed by atoms with van der Waals surface area (Å²) in [6.07, 6.45) is 0. The summed E-state index contributed by atoms with van der Waals surface area (Å²) in [4.78, 5) is 4.40. The van der Waals surface area contributed by atoms with E-state index < -0.39 is 0 Å². The summed E-state index contributed by atoms with van der Waals surface area (Å²) in [5, 5.41) is 0. The molecule has 0 fully saturated rings. The molecule has 2 nitrogen and oxygen atoms in total. The number of aromatic nitrogens is 1. The van der Waals surface area contributed by atoms with Crippen LogP contribution in [0.15, 0.2) is 16.5 Å². The van der Waals surface area contributed by atoms with E-state index in [0.717, 1.165) is 28.1 Å². The van der Waals surface area contributed by atoms with Crippen molar-refractivity contribution in [1.82, 2.24) is 4.98 Å². The van der Waals surface area contributed by atoms with E-state index in [1.807, 2.05) is 46.8 Å². The highest BCUT2D eigenvalue weighted by Gasteiger charge is 2.06. The fourth-order valence-corrected chi connectivity index (χ4v) is 1.30. The van der Waals surface area contributed by atoms with Gasteiger partial charge in [0.15, 0.2) is 5.58 Å². The van der Waals surface area contributed by atoms with Gasteiger partial charge in [0.1, 0.15) is 11.3 Å². The molecule has 0 unspecified atom stereocenters. The van der Waals surface area contributed by atoms with Gasteiger partial charge in [-0.15, -0.1) is 0 Å². The first-order valence-electron chi connectivity index (χ1n) is 5.02. The summed E-state index contributed by atoms with van der Waals surface area (Å²) < 4.78 is 5.49. The molecule has 0 amide bonds. The minimum atomic E-state index is 0.885. The zero-order valence-electron chi connectivity index (χ0n) is 9.51. The Morgan fingerprint density at radius 2 is 1.71 bits per heavy atom. The Bertz CT molecular complexity index is 429. The molecule has 76 valence electrons. The van der Waals surface area contributed by atoms with Crippen LogP contribution in [0.2, 0.25) is 0 Å². The van der Waals surface area contributed by atoms with Gasteiger partial charge >= 0.3 is 0 Å². The third kappa shape index (κ3) is 1.79. The van der Waals surface area contributed by atoms with Gasteiger partial charge < -0.3 is 4.42 Å². The number of fused-ring (bicyclic) bond motifs is 1. The van der Waals surface area contributed by atoms with Crippen LogP contribution in [0.5, 0.6) is 0 Å². The van der Waals surface area contributed by atoms with Crippen LogP contribution in [-0.4, -0.2) is 4.98 Å². The average Bonchev–Trinajstić information content (AvgIpc) is 2.48. The monoisotopic (exact) mass is 191 g/mol. The molecule has 0 radical (unpaired) electrons. The smallest absolute Gasteiger partial charge is 0.152 e. The van der Waals surface area contributed by atoms with Crippen LogP contribution in [0.25, 0.3) is 11.1 Å². The van der Waals surface area contributed by atoms with Gasteiger partial charge in [0.2, 0.25) is 0 Å². The maximum absolute atomic E-state index is 5.49. The van der Waals surface area contributed by atoms with Crippen LogP contribution in [0.4, 0.5) is 0 Å². The minimum absolute atomic E-state index is 0.885. The van der Waals surface area contributed by atoms with E-state index in [1.165, 1.54) is 0 Å². The van der Waals surface area contributed by atoms with Gasteiger partial charge in [-0.2, -0.15) is 0 Å². The van der Waals surface area contributed by atoms with Gasteiger partial charge in [-0.05, 0) is 32.9 Å². The summed E-state index contributed by atoms with van der Waals surface area (Å²) in [5.74, 6) is 0.961. The highest BCUT2D eigenvalue weighted by Crippen LogP contribution is 2.22. The molecule has 2 aromatic heterocycles. The lowest BCUT2D eigenvalue weighted by Crippen LogP contribution is -1.80. The van der Waals surface area contributed by atoms with E-state index >= 15 is 0 Å². The molecule has 0 saturated heterocycles. The highest BCUT2D eigenvalue weighted by molar-refractivity contribution is 5.77. The Morgan fingerprint density at radius 3 is 2.36 bits per heavy atom. The van der Waals surface area contributed by atoms with E-state index in [0.29, 0.717) is 0 Å². The van der Waals surface area contributed by atoms with Crippen LogP contribution >= 0.6 is 0 Å². The van der Waals surface area contributed by atoms with E-state index in [9.17, 15) is 0 Å². The maximum Gasteiger partial charge on any atom is 0.152 e. The highest BCUT2D eigenvalue weighted by atomic mass is 16.3. The van der Waals surface area contributed by atoms with Crippen LogP contribution < -0.4 is 0 Å². The molecule has 0 spiro atoms. The fraction of sp³-hybridized carbons (Fsp3) is 0.417. The predicted octanol–water partition coefficient (Wildman–Crippen LogP) is 3.78. The van der Waals surface area contributed by atoms with Crippen molar-refractivity contribution in [2.45, 2.75) is 34.6 Å². The van der Waals surface area contributed by atoms with E-state index in [1.54, 1.807) is 0 Å². The van der Waals surface area contributed by atoms with Crippen LogP contribution in [-0.2, 0) is 0 Å². The molecule has 0 N–H and O–H groups in total. The summed E-state index contributed by atoms with van der Waals surface area (Å²) >= 11 is 0. The second-order valence-electron chi connectivity index (χ2n) is 3.08. The second-order valence-corrected chi connectivity index (χ2v) is 3.08.